The van der Waals surface area contributed by atoms with Gasteiger partial charge in [0, 0.05) is 14.2 Å². The van der Waals surface area contributed by atoms with E-state index in [1.54, 1.807) is 14.2 Å². The van der Waals surface area contributed by atoms with Gasteiger partial charge in [-0.15, -0.1) is 0 Å². The summed E-state index contributed by atoms with van der Waals surface area (Å²) in [5, 5.41) is 10.1. The van der Waals surface area contributed by atoms with Crippen LogP contribution in [0.4, 0.5) is 0 Å². The predicted molar refractivity (Wildman–Crippen MR) is 70.6 cm³/mol. The predicted octanol–water partition coefficient (Wildman–Crippen LogP) is 2.48. The van der Waals surface area contributed by atoms with Crippen LogP contribution < -0.4 is 0 Å². The van der Waals surface area contributed by atoms with Crippen molar-refractivity contribution in [3.8, 4) is 0 Å². The number of fused-ring (bicyclic) bond motifs is 1. The maximum Gasteiger partial charge on any atom is 0.182 e. The molecule has 3 heteroatoms. The van der Waals surface area contributed by atoms with Gasteiger partial charge in [-0.05, 0) is 42.7 Å². The van der Waals surface area contributed by atoms with E-state index in [0.29, 0.717) is 12.3 Å². The van der Waals surface area contributed by atoms with Crippen molar-refractivity contribution in [3.63, 3.8) is 0 Å². The molecule has 18 heavy (non-hydrogen) atoms. The maximum atomic E-state index is 10.1. The Morgan fingerprint density at radius 1 is 1.28 bits per heavy atom. The van der Waals surface area contributed by atoms with Crippen molar-refractivity contribution in [2.24, 2.45) is 0 Å². The van der Waals surface area contributed by atoms with Gasteiger partial charge in [0.05, 0.1) is 0 Å². The summed E-state index contributed by atoms with van der Waals surface area (Å²) < 4.78 is 10.2. The van der Waals surface area contributed by atoms with Gasteiger partial charge in [0.25, 0.3) is 0 Å². The molecule has 2 atom stereocenters. The Hall–Kier alpha value is -0.900. The number of benzene rings is 1. The fourth-order valence-corrected chi connectivity index (χ4v) is 2.91. The maximum absolute atomic E-state index is 10.1. The fraction of sp³-hybridized carbons (Fsp3) is 0.600. The Morgan fingerprint density at radius 2 is 2.00 bits per heavy atom. The van der Waals surface area contributed by atoms with E-state index in [-0.39, 0.29) is 0 Å². The molecule has 1 aromatic carbocycles. The van der Waals surface area contributed by atoms with Gasteiger partial charge < -0.3 is 14.6 Å². The molecule has 0 spiro atoms. The molecule has 0 aliphatic heterocycles. The average Bonchev–Trinajstić information content (AvgIpc) is 2.40. The summed E-state index contributed by atoms with van der Waals surface area (Å²) in [6, 6.07) is 8.54. The molecule has 0 radical (unpaired) electrons. The molecular weight excluding hydrogens is 228 g/mol. The zero-order valence-electron chi connectivity index (χ0n) is 11.1. The van der Waals surface area contributed by atoms with Crippen LogP contribution in [-0.2, 0) is 15.9 Å². The zero-order valence-corrected chi connectivity index (χ0v) is 11.1. The van der Waals surface area contributed by atoms with E-state index in [4.69, 9.17) is 9.47 Å². The van der Waals surface area contributed by atoms with Crippen LogP contribution in [0.5, 0.6) is 0 Å². The van der Waals surface area contributed by atoms with Crippen LogP contribution in [0, 0.1) is 0 Å². The average molecular weight is 250 g/mol. The van der Waals surface area contributed by atoms with E-state index in [1.165, 1.54) is 17.5 Å². The lowest BCUT2D eigenvalue weighted by Crippen LogP contribution is -2.31. The third-order valence-electron chi connectivity index (χ3n) is 3.80. The quantitative estimate of drug-likeness (QED) is 0.816. The molecule has 3 nitrogen and oxygen atoms in total. The highest BCUT2D eigenvalue weighted by Crippen LogP contribution is 2.35. The Morgan fingerprint density at radius 3 is 2.72 bits per heavy atom. The Kier molecular flexibility index (Phi) is 4.75. The van der Waals surface area contributed by atoms with E-state index in [1.807, 2.05) is 0 Å². The SMILES string of the molecule is COC(OC)C(O)CC1CCCc2ccccc21. The van der Waals surface area contributed by atoms with Gasteiger partial charge in [0.15, 0.2) is 6.29 Å². The number of aryl methyl sites for hydroxylation is 1. The molecule has 1 aliphatic carbocycles. The summed E-state index contributed by atoms with van der Waals surface area (Å²) in [7, 11) is 3.12. The number of methoxy groups -OCH3 is 2. The Bertz CT molecular complexity index is 374. The lowest BCUT2D eigenvalue weighted by Gasteiger charge is -2.29. The Labute approximate surface area is 109 Å². The molecule has 0 aromatic heterocycles. The summed E-state index contributed by atoms with van der Waals surface area (Å²) in [4.78, 5) is 0. The zero-order chi connectivity index (χ0) is 13.0. The van der Waals surface area contributed by atoms with Gasteiger partial charge in [0.1, 0.15) is 6.10 Å². The van der Waals surface area contributed by atoms with Crippen LogP contribution in [0.1, 0.15) is 36.3 Å². The minimum atomic E-state index is -0.573. The largest absolute Gasteiger partial charge is 0.388 e. The summed E-state index contributed by atoms with van der Waals surface area (Å²) in [5.74, 6) is 0.415. The smallest absolute Gasteiger partial charge is 0.182 e. The van der Waals surface area contributed by atoms with Gasteiger partial charge >= 0.3 is 0 Å². The van der Waals surface area contributed by atoms with Crippen LogP contribution in [0.3, 0.4) is 0 Å². The van der Waals surface area contributed by atoms with Gasteiger partial charge in [0.2, 0.25) is 0 Å². The first-order chi connectivity index (χ1) is 8.76. The molecule has 1 aliphatic rings. The molecule has 1 N–H and O–H groups in total. The van der Waals surface area contributed by atoms with Crippen molar-refractivity contribution in [3.05, 3.63) is 35.4 Å². The number of aliphatic hydroxyl groups excluding tert-OH is 1. The molecule has 2 rings (SSSR count). The molecule has 100 valence electrons. The highest BCUT2D eigenvalue weighted by Gasteiger charge is 2.26. The van der Waals surface area contributed by atoms with Crippen molar-refractivity contribution in [2.45, 2.75) is 44.0 Å². The van der Waals surface area contributed by atoms with E-state index in [2.05, 4.69) is 24.3 Å². The van der Waals surface area contributed by atoms with Crippen molar-refractivity contribution in [1.82, 2.24) is 0 Å². The van der Waals surface area contributed by atoms with Crippen LogP contribution in [0.2, 0.25) is 0 Å². The van der Waals surface area contributed by atoms with Crippen molar-refractivity contribution >= 4 is 0 Å². The minimum Gasteiger partial charge on any atom is -0.388 e. The molecule has 0 heterocycles. The molecule has 0 bridgehead atoms. The molecule has 2 unspecified atom stereocenters. The standard InChI is InChI=1S/C15H22O3/c1-17-15(18-2)14(16)10-12-8-5-7-11-6-3-4-9-13(11)12/h3-4,6,9,12,14-16H,5,7-8,10H2,1-2H3. The monoisotopic (exact) mass is 250 g/mol. The summed E-state index contributed by atoms with van der Waals surface area (Å²) in [5.41, 5.74) is 2.81. The van der Waals surface area contributed by atoms with Crippen LogP contribution in [0.25, 0.3) is 0 Å². The second kappa shape index (κ2) is 6.32. The summed E-state index contributed by atoms with van der Waals surface area (Å²) in [6.07, 6.45) is 3.08. The van der Waals surface area contributed by atoms with E-state index in [0.717, 1.165) is 12.8 Å². The summed E-state index contributed by atoms with van der Waals surface area (Å²) >= 11 is 0. The van der Waals surface area contributed by atoms with Crippen molar-refractivity contribution < 1.29 is 14.6 Å². The molecule has 0 saturated carbocycles. The first-order valence-electron chi connectivity index (χ1n) is 6.57. The van der Waals surface area contributed by atoms with Gasteiger partial charge in [-0.1, -0.05) is 24.3 Å². The number of aliphatic hydroxyl groups is 1. The summed E-state index contributed by atoms with van der Waals surface area (Å²) in [6.45, 7) is 0. The normalized spacial score (nSPS) is 20.8. The Balaban J connectivity index is 2.07. The number of ether oxygens (including phenoxy) is 2. The lowest BCUT2D eigenvalue weighted by atomic mass is 9.80. The highest BCUT2D eigenvalue weighted by molar-refractivity contribution is 5.32. The number of hydrogen-bond acceptors (Lipinski definition) is 3. The van der Waals surface area contributed by atoms with Gasteiger partial charge in [-0.2, -0.15) is 0 Å². The first kappa shape index (κ1) is 13.5. The minimum absolute atomic E-state index is 0.415. The van der Waals surface area contributed by atoms with Crippen LogP contribution in [0.15, 0.2) is 24.3 Å². The third kappa shape index (κ3) is 2.91. The van der Waals surface area contributed by atoms with E-state index >= 15 is 0 Å². The first-order valence-corrected chi connectivity index (χ1v) is 6.57. The van der Waals surface area contributed by atoms with E-state index in [9.17, 15) is 5.11 Å². The van der Waals surface area contributed by atoms with Gasteiger partial charge in [-0.25, -0.2) is 0 Å². The molecule has 0 fully saturated rings. The third-order valence-corrected chi connectivity index (χ3v) is 3.80. The van der Waals surface area contributed by atoms with Crippen LogP contribution >= 0.6 is 0 Å². The highest BCUT2D eigenvalue weighted by atomic mass is 16.7. The lowest BCUT2D eigenvalue weighted by molar-refractivity contribution is -0.166. The fourth-order valence-electron chi connectivity index (χ4n) is 2.91. The molecular formula is C15H22O3. The number of hydrogen-bond donors (Lipinski definition) is 1. The van der Waals surface area contributed by atoms with Crippen LogP contribution in [-0.4, -0.2) is 31.7 Å². The van der Waals surface area contributed by atoms with Crippen molar-refractivity contribution in [1.29, 1.82) is 0 Å². The topological polar surface area (TPSA) is 38.7 Å². The van der Waals surface area contributed by atoms with Crippen molar-refractivity contribution in [2.75, 3.05) is 14.2 Å². The second-order valence-electron chi connectivity index (χ2n) is 4.93. The molecule has 1 aromatic rings. The van der Waals surface area contributed by atoms with E-state index < -0.39 is 12.4 Å². The number of rotatable bonds is 5. The second-order valence-corrected chi connectivity index (χ2v) is 4.93. The van der Waals surface area contributed by atoms with Gasteiger partial charge in [-0.3, -0.25) is 0 Å². The molecule has 0 saturated heterocycles. The molecule has 0 amide bonds.